The van der Waals surface area contributed by atoms with Gasteiger partial charge in [0.15, 0.2) is 0 Å². The van der Waals surface area contributed by atoms with Crippen molar-refractivity contribution < 1.29 is 4.79 Å². The van der Waals surface area contributed by atoms with Crippen LogP contribution in [0.3, 0.4) is 0 Å². The van der Waals surface area contributed by atoms with Gasteiger partial charge < -0.3 is 4.90 Å². The van der Waals surface area contributed by atoms with Crippen LogP contribution >= 0.6 is 11.3 Å². The first-order valence-electron chi connectivity index (χ1n) is 3.90. The number of nitrogens with zero attached hydrogens (tertiary/aromatic N) is 2. The number of aromatic nitrogens is 1. The van der Waals surface area contributed by atoms with Crippen LogP contribution in [0.1, 0.15) is 15.5 Å². The molecule has 0 radical (unpaired) electrons. The van der Waals surface area contributed by atoms with E-state index in [1.165, 1.54) is 17.4 Å². The molecule has 13 heavy (non-hydrogen) atoms. The molecule has 3 nitrogen and oxygen atoms in total. The van der Waals surface area contributed by atoms with Gasteiger partial charge in [-0.05, 0) is 6.92 Å². The lowest BCUT2D eigenvalue weighted by molar-refractivity contribution is 0.104. The Morgan fingerprint density at radius 1 is 1.62 bits per heavy atom. The monoisotopic (exact) mass is 196 g/mol. The van der Waals surface area contributed by atoms with Crippen LogP contribution in [0.25, 0.3) is 0 Å². The molecular formula is C9H12N2OS. The summed E-state index contributed by atoms with van der Waals surface area (Å²) in [4.78, 5) is 17.3. The molecule has 4 heteroatoms. The SMILES string of the molecule is Cc1nc(C(=O)C=CN(C)C)cs1. The van der Waals surface area contributed by atoms with Gasteiger partial charge in [0, 0.05) is 31.8 Å². The molecule has 0 amide bonds. The summed E-state index contributed by atoms with van der Waals surface area (Å²) < 4.78 is 0. The molecular weight excluding hydrogens is 184 g/mol. The first-order valence-corrected chi connectivity index (χ1v) is 4.78. The van der Waals surface area contributed by atoms with E-state index in [1.807, 2.05) is 25.9 Å². The smallest absolute Gasteiger partial charge is 0.206 e. The van der Waals surface area contributed by atoms with Crippen molar-refractivity contribution in [3.63, 3.8) is 0 Å². The number of aryl methyl sites for hydroxylation is 1. The maximum atomic E-state index is 11.4. The minimum absolute atomic E-state index is 0.0435. The minimum Gasteiger partial charge on any atom is -0.383 e. The second-order valence-electron chi connectivity index (χ2n) is 2.90. The Morgan fingerprint density at radius 3 is 2.77 bits per heavy atom. The Labute approximate surface area is 81.7 Å². The molecule has 0 atom stereocenters. The summed E-state index contributed by atoms with van der Waals surface area (Å²) in [5, 5.41) is 2.69. The highest BCUT2D eigenvalue weighted by Crippen LogP contribution is 2.08. The zero-order chi connectivity index (χ0) is 9.84. The summed E-state index contributed by atoms with van der Waals surface area (Å²) in [5.41, 5.74) is 0.528. The lowest BCUT2D eigenvalue weighted by Crippen LogP contribution is -2.03. The van der Waals surface area contributed by atoms with Crippen LogP contribution in [-0.4, -0.2) is 29.8 Å². The van der Waals surface area contributed by atoms with Crippen LogP contribution in [0, 0.1) is 6.92 Å². The molecule has 0 saturated carbocycles. The van der Waals surface area contributed by atoms with Crippen molar-refractivity contribution in [1.82, 2.24) is 9.88 Å². The molecule has 0 aliphatic heterocycles. The molecule has 1 rings (SSSR count). The van der Waals surface area contributed by atoms with Gasteiger partial charge in [-0.2, -0.15) is 0 Å². The van der Waals surface area contributed by atoms with Crippen LogP contribution < -0.4 is 0 Å². The average molecular weight is 196 g/mol. The lowest BCUT2D eigenvalue weighted by Gasteiger charge is -2.01. The summed E-state index contributed by atoms with van der Waals surface area (Å²) in [6, 6.07) is 0. The van der Waals surface area contributed by atoms with Gasteiger partial charge in [-0.3, -0.25) is 4.79 Å². The largest absolute Gasteiger partial charge is 0.383 e. The fourth-order valence-corrected chi connectivity index (χ4v) is 1.38. The second-order valence-corrected chi connectivity index (χ2v) is 3.96. The third-order valence-electron chi connectivity index (χ3n) is 1.40. The third-order valence-corrected chi connectivity index (χ3v) is 2.17. The summed E-state index contributed by atoms with van der Waals surface area (Å²) in [6.07, 6.45) is 3.24. The predicted octanol–water partition coefficient (Wildman–Crippen LogP) is 1.71. The number of ketones is 1. The second kappa shape index (κ2) is 4.18. The predicted molar refractivity (Wildman–Crippen MR) is 54.0 cm³/mol. The fourth-order valence-electron chi connectivity index (χ4n) is 0.779. The van der Waals surface area contributed by atoms with Crippen molar-refractivity contribution in [2.24, 2.45) is 0 Å². The van der Waals surface area contributed by atoms with E-state index in [0.717, 1.165) is 5.01 Å². The van der Waals surface area contributed by atoms with Crippen molar-refractivity contribution >= 4 is 17.1 Å². The van der Waals surface area contributed by atoms with Crippen molar-refractivity contribution in [3.05, 3.63) is 28.4 Å². The first-order chi connectivity index (χ1) is 6.09. The van der Waals surface area contributed by atoms with E-state index >= 15 is 0 Å². The van der Waals surface area contributed by atoms with Crippen LogP contribution in [0.5, 0.6) is 0 Å². The minimum atomic E-state index is -0.0435. The lowest BCUT2D eigenvalue weighted by atomic mass is 10.3. The zero-order valence-electron chi connectivity index (χ0n) is 7.94. The number of carbonyl (C=O) groups is 1. The van der Waals surface area contributed by atoms with Crippen LogP contribution in [0.2, 0.25) is 0 Å². The Hall–Kier alpha value is -1.16. The maximum Gasteiger partial charge on any atom is 0.206 e. The molecule has 1 heterocycles. The van der Waals surface area contributed by atoms with Gasteiger partial charge in [0.1, 0.15) is 5.69 Å². The van der Waals surface area contributed by atoms with E-state index in [2.05, 4.69) is 4.98 Å². The summed E-state index contributed by atoms with van der Waals surface area (Å²) in [6.45, 7) is 1.89. The topological polar surface area (TPSA) is 33.2 Å². The Balaban J connectivity index is 2.69. The first kappa shape index (κ1) is 9.92. The average Bonchev–Trinajstić information content (AvgIpc) is 2.47. The van der Waals surface area contributed by atoms with Gasteiger partial charge in [0.25, 0.3) is 0 Å². The summed E-state index contributed by atoms with van der Waals surface area (Å²) in [7, 11) is 3.74. The molecule has 0 saturated heterocycles. The van der Waals surface area contributed by atoms with Gasteiger partial charge in [-0.1, -0.05) is 0 Å². The number of carbonyl (C=O) groups excluding carboxylic acids is 1. The van der Waals surface area contributed by atoms with Crippen LogP contribution in [-0.2, 0) is 0 Å². The van der Waals surface area contributed by atoms with E-state index in [9.17, 15) is 4.79 Å². The molecule has 0 bridgehead atoms. The Bertz CT molecular complexity index is 328. The Morgan fingerprint density at radius 2 is 2.31 bits per heavy atom. The normalized spacial score (nSPS) is 10.7. The molecule has 0 aliphatic rings. The number of hydrogen-bond acceptors (Lipinski definition) is 4. The standard InChI is InChI=1S/C9H12N2OS/c1-7-10-8(6-13-7)9(12)4-5-11(2)3/h4-6H,1-3H3. The van der Waals surface area contributed by atoms with E-state index < -0.39 is 0 Å². The molecule has 0 fully saturated rings. The molecule has 0 N–H and O–H groups in total. The molecule has 1 aromatic rings. The van der Waals surface area contributed by atoms with E-state index in [4.69, 9.17) is 0 Å². The van der Waals surface area contributed by atoms with Crippen LogP contribution in [0.15, 0.2) is 17.7 Å². The fraction of sp³-hybridized carbons (Fsp3) is 0.333. The third kappa shape index (κ3) is 2.99. The molecule has 0 aromatic carbocycles. The molecule has 70 valence electrons. The molecule has 1 aromatic heterocycles. The van der Waals surface area contributed by atoms with Gasteiger partial charge in [-0.25, -0.2) is 4.98 Å². The highest BCUT2D eigenvalue weighted by atomic mass is 32.1. The Kier molecular flexibility index (Phi) is 3.19. The number of hydrogen-bond donors (Lipinski definition) is 0. The number of thiazole rings is 1. The highest BCUT2D eigenvalue weighted by Gasteiger charge is 2.04. The maximum absolute atomic E-state index is 11.4. The highest BCUT2D eigenvalue weighted by molar-refractivity contribution is 7.09. The van der Waals surface area contributed by atoms with Gasteiger partial charge in [0.2, 0.25) is 5.78 Å². The van der Waals surface area contributed by atoms with Crippen LogP contribution in [0.4, 0.5) is 0 Å². The van der Waals surface area contributed by atoms with Crippen molar-refractivity contribution in [1.29, 1.82) is 0 Å². The van der Waals surface area contributed by atoms with E-state index in [0.29, 0.717) is 5.69 Å². The van der Waals surface area contributed by atoms with E-state index in [-0.39, 0.29) is 5.78 Å². The van der Waals surface area contributed by atoms with Crippen molar-refractivity contribution in [3.8, 4) is 0 Å². The molecule has 0 aliphatic carbocycles. The summed E-state index contributed by atoms with van der Waals surface area (Å²) in [5.74, 6) is -0.0435. The number of allylic oxidation sites excluding steroid dienone is 1. The molecule has 0 spiro atoms. The van der Waals surface area contributed by atoms with Gasteiger partial charge in [0.05, 0.1) is 5.01 Å². The summed E-state index contributed by atoms with van der Waals surface area (Å²) >= 11 is 1.49. The van der Waals surface area contributed by atoms with Crippen molar-refractivity contribution in [2.45, 2.75) is 6.92 Å². The number of rotatable bonds is 3. The van der Waals surface area contributed by atoms with Gasteiger partial charge in [-0.15, -0.1) is 11.3 Å². The van der Waals surface area contributed by atoms with Gasteiger partial charge >= 0.3 is 0 Å². The zero-order valence-corrected chi connectivity index (χ0v) is 8.76. The quantitative estimate of drug-likeness (QED) is 0.545. The van der Waals surface area contributed by atoms with E-state index in [1.54, 1.807) is 11.6 Å². The van der Waals surface area contributed by atoms with Crippen molar-refractivity contribution in [2.75, 3.05) is 14.1 Å². The molecule has 0 unspecified atom stereocenters.